The number of unbranched alkanes of at least 4 members (excludes halogenated alkanes) is 1. The Labute approximate surface area is 71.2 Å². The number of aliphatic carboxylic acids is 1. The number of hydrogen-bond donors (Lipinski definition) is 2. The molecule has 3 N–H and O–H groups in total. The number of nitrogens with two attached hydrogens (primary N) is 1. The number of alkyl halides is 1. The first-order valence-electron chi connectivity index (χ1n) is 3.23. The van der Waals surface area contributed by atoms with Crippen LogP contribution in [0.4, 0.5) is 4.39 Å². The molecule has 0 saturated heterocycles. The first-order valence-corrected chi connectivity index (χ1v) is 3.23. The van der Waals surface area contributed by atoms with Crippen LogP contribution in [0.3, 0.4) is 0 Å². The van der Waals surface area contributed by atoms with Crippen LogP contribution >= 0.6 is 12.4 Å². The third-order valence-corrected chi connectivity index (χ3v) is 1.22. The summed E-state index contributed by atoms with van der Waals surface area (Å²) < 4.78 is 11.5. The first kappa shape index (κ1) is 13.3. The number of halogens is 2. The summed E-state index contributed by atoms with van der Waals surface area (Å²) in [4.78, 5) is 10.1. The standard InChI is InChI=1S/C6H12FNO2.ClH/c7-4-2-1-3-5(8)6(9)10;/h5H,1-4,8H2,(H,9,10);1H. The largest absolute Gasteiger partial charge is 0.480 e. The summed E-state index contributed by atoms with van der Waals surface area (Å²) in [7, 11) is 0. The highest BCUT2D eigenvalue weighted by atomic mass is 35.5. The molecular weight excluding hydrogens is 173 g/mol. The van der Waals surface area contributed by atoms with Gasteiger partial charge >= 0.3 is 5.97 Å². The summed E-state index contributed by atoms with van der Waals surface area (Å²) in [5.74, 6) is -1.01. The number of carboxylic acid groups (broad SMARTS) is 1. The van der Waals surface area contributed by atoms with Crippen LogP contribution in [0, 0.1) is 0 Å². The van der Waals surface area contributed by atoms with Crippen molar-refractivity contribution in [3.8, 4) is 0 Å². The second-order valence-corrected chi connectivity index (χ2v) is 2.13. The van der Waals surface area contributed by atoms with Crippen molar-refractivity contribution in [1.29, 1.82) is 0 Å². The first-order chi connectivity index (χ1) is 4.68. The van der Waals surface area contributed by atoms with Crippen molar-refractivity contribution >= 4 is 18.4 Å². The molecule has 0 rings (SSSR count). The lowest BCUT2D eigenvalue weighted by atomic mass is 10.1. The van der Waals surface area contributed by atoms with E-state index >= 15 is 0 Å². The van der Waals surface area contributed by atoms with Crippen LogP contribution in [0.2, 0.25) is 0 Å². The van der Waals surface area contributed by atoms with Crippen molar-refractivity contribution in [2.24, 2.45) is 5.73 Å². The maximum atomic E-state index is 11.5. The molecule has 5 heteroatoms. The summed E-state index contributed by atoms with van der Waals surface area (Å²) in [5, 5.41) is 8.26. The van der Waals surface area contributed by atoms with E-state index in [0.29, 0.717) is 19.3 Å². The van der Waals surface area contributed by atoms with E-state index in [1.807, 2.05) is 0 Å². The van der Waals surface area contributed by atoms with E-state index in [1.54, 1.807) is 0 Å². The van der Waals surface area contributed by atoms with Gasteiger partial charge in [-0.25, -0.2) is 0 Å². The second kappa shape index (κ2) is 7.75. The van der Waals surface area contributed by atoms with Gasteiger partial charge in [-0.1, -0.05) is 0 Å². The van der Waals surface area contributed by atoms with Gasteiger partial charge in [0.1, 0.15) is 6.04 Å². The lowest BCUT2D eigenvalue weighted by Gasteiger charge is -2.03. The minimum atomic E-state index is -1.01. The Morgan fingerprint density at radius 1 is 1.55 bits per heavy atom. The van der Waals surface area contributed by atoms with Gasteiger partial charge in [-0.2, -0.15) is 0 Å². The lowest BCUT2D eigenvalue weighted by molar-refractivity contribution is -0.138. The van der Waals surface area contributed by atoms with E-state index in [1.165, 1.54) is 0 Å². The molecule has 0 radical (unpaired) electrons. The normalized spacial score (nSPS) is 11.8. The summed E-state index contributed by atoms with van der Waals surface area (Å²) in [6.45, 7) is -0.396. The highest BCUT2D eigenvalue weighted by Gasteiger charge is 2.09. The summed E-state index contributed by atoms with van der Waals surface area (Å²) in [6.07, 6.45) is 1.31. The molecule has 1 unspecified atom stereocenters. The van der Waals surface area contributed by atoms with E-state index < -0.39 is 18.7 Å². The molecule has 68 valence electrons. The molecule has 0 aliphatic carbocycles. The van der Waals surface area contributed by atoms with Crippen LogP contribution in [-0.4, -0.2) is 23.8 Å². The molecule has 0 aliphatic heterocycles. The molecule has 0 bridgehead atoms. The molecule has 0 aromatic rings. The third kappa shape index (κ3) is 7.55. The van der Waals surface area contributed by atoms with Crippen LogP contribution in [0.5, 0.6) is 0 Å². The molecule has 0 aromatic carbocycles. The molecule has 0 saturated carbocycles. The van der Waals surface area contributed by atoms with E-state index in [4.69, 9.17) is 10.8 Å². The Morgan fingerprint density at radius 3 is 2.45 bits per heavy atom. The predicted molar refractivity (Wildman–Crippen MR) is 42.7 cm³/mol. The zero-order chi connectivity index (χ0) is 7.98. The summed E-state index contributed by atoms with van der Waals surface area (Å²) in [5.41, 5.74) is 5.14. The molecule has 0 spiro atoms. The highest BCUT2D eigenvalue weighted by molar-refractivity contribution is 5.85. The average molecular weight is 186 g/mol. The van der Waals surface area contributed by atoms with Gasteiger partial charge in [0, 0.05) is 0 Å². The highest BCUT2D eigenvalue weighted by Crippen LogP contribution is 1.98. The van der Waals surface area contributed by atoms with Crippen molar-refractivity contribution < 1.29 is 14.3 Å². The quantitative estimate of drug-likeness (QED) is 0.628. The topological polar surface area (TPSA) is 63.3 Å². The smallest absolute Gasteiger partial charge is 0.320 e. The third-order valence-electron chi connectivity index (χ3n) is 1.22. The minimum absolute atomic E-state index is 0. The van der Waals surface area contributed by atoms with Crippen molar-refractivity contribution in [3.63, 3.8) is 0 Å². The summed E-state index contributed by atoms with van der Waals surface area (Å²) in [6, 6.07) is -0.827. The number of carboxylic acids is 1. The van der Waals surface area contributed by atoms with Crippen LogP contribution in [-0.2, 0) is 4.79 Å². The van der Waals surface area contributed by atoms with Gasteiger partial charge in [0.25, 0.3) is 0 Å². The van der Waals surface area contributed by atoms with Gasteiger partial charge in [0.15, 0.2) is 0 Å². The zero-order valence-corrected chi connectivity index (χ0v) is 6.94. The summed E-state index contributed by atoms with van der Waals surface area (Å²) >= 11 is 0. The molecule has 1 atom stereocenters. The molecule has 0 aromatic heterocycles. The van der Waals surface area contributed by atoms with Gasteiger partial charge in [-0.15, -0.1) is 12.4 Å². The van der Waals surface area contributed by atoms with E-state index in [2.05, 4.69) is 0 Å². The van der Waals surface area contributed by atoms with Gasteiger partial charge < -0.3 is 10.8 Å². The van der Waals surface area contributed by atoms with Crippen molar-refractivity contribution in [2.45, 2.75) is 25.3 Å². The minimum Gasteiger partial charge on any atom is -0.480 e. The van der Waals surface area contributed by atoms with Crippen LogP contribution < -0.4 is 5.73 Å². The Kier molecular flexibility index (Phi) is 9.34. The van der Waals surface area contributed by atoms with Crippen molar-refractivity contribution in [2.75, 3.05) is 6.67 Å². The van der Waals surface area contributed by atoms with Crippen LogP contribution in [0.1, 0.15) is 19.3 Å². The van der Waals surface area contributed by atoms with E-state index in [-0.39, 0.29) is 12.4 Å². The SMILES string of the molecule is Cl.NC(CCCCF)C(=O)O. The van der Waals surface area contributed by atoms with Gasteiger partial charge in [-0.05, 0) is 19.3 Å². The molecule has 0 aliphatic rings. The average Bonchev–Trinajstić information content (AvgIpc) is 1.88. The number of hydrogen-bond acceptors (Lipinski definition) is 2. The monoisotopic (exact) mass is 185 g/mol. The van der Waals surface area contributed by atoms with Crippen LogP contribution in [0.25, 0.3) is 0 Å². The Hall–Kier alpha value is -0.350. The molecule has 0 heterocycles. The van der Waals surface area contributed by atoms with Gasteiger partial charge in [0.2, 0.25) is 0 Å². The number of carbonyl (C=O) groups is 1. The van der Waals surface area contributed by atoms with Gasteiger partial charge in [-0.3, -0.25) is 9.18 Å². The predicted octanol–water partition coefficient (Wildman–Crippen LogP) is 0.960. The molecule has 3 nitrogen and oxygen atoms in total. The fraction of sp³-hybridized carbons (Fsp3) is 0.833. The Bertz CT molecular complexity index is 113. The Morgan fingerprint density at radius 2 is 2.09 bits per heavy atom. The fourth-order valence-corrected chi connectivity index (χ4v) is 0.582. The van der Waals surface area contributed by atoms with Crippen molar-refractivity contribution in [1.82, 2.24) is 0 Å². The van der Waals surface area contributed by atoms with Crippen molar-refractivity contribution in [3.05, 3.63) is 0 Å². The molecule has 11 heavy (non-hydrogen) atoms. The maximum absolute atomic E-state index is 11.5. The second-order valence-electron chi connectivity index (χ2n) is 2.13. The fourth-order valence-electron chi connectivity index (χ4n) is 0.582. The van der Waals surface area contributed by atoms with Crippen LogP contribution in [0.15, 0.2) is 0 Å². The van der Waals surface area contributed by atoms with Gasteiger partial charge in [0.05, 0.1) is 6.67 Å². The number of rotatable bonds is 5. The van der Waals surface area contributed by atoms with E-state index in [0.717, 1.165) is 0 Å². The lowest BCUT2D eigenvalue weighted by Crippen LogP contribution is -2.29. The maximum Gasteiger partial charge on any atom is 0.320 e. The molecule has 0 amide bonds. The molecular formula is C6H13ClFNO2. The Balaban J connectivity index is 0. The van der Waals surface area contributed by atoms with E-state index in [9.17, 15) is 9.18 Å². The zero-order valence-electron chi connectivity index (χ0n) is 6.12. The molecule has 0 fully saturated rings.